The predicted octanol–water partition coefficient (Wildman–Crippen LogP) is 2.28. The number of halogens is 2. The van der Waals surface area contributed by atoms with Crippen LogP contribution in [0.25, 0.3) is 11.5 Å². The number of aromatic nitrogens is 3. The highest BCUT2D eigenvalue weighted by Crippen LogP contribution is 2.25. The standard InChI is InChI=1S/C13H13F2N3O3/c14-10(15)7-20-11-2-1-8(5-16-11)13-17-12(18-21-13)9-3-4-19-6-9/h1-2,5,9-10H,3-4,6-7H2/t9-/m0/s1. The van der Waals surface area contributed by atoms with Crippen molar-refractivity contribution in [1.29, 1.82) is 0 Å². The van der Waals surface area contributed by atoms with E-state index in [1.54, 1.807) is 6.07 Å². The van der Waals surface area contributed by atoms with Crippen LogP contribution in [-0.2, 0) is 4.74 Å². The third-order valence-electron chi connectivity index (χ3n) is 3.08. The topological polar surface area (TPSA) is 70.3 Å². The van der Waals surface area contributed by atoms with E-state index in [1.807, 2.05) is 0 Å². The van der Waals surface area contributed by atoms with Crippen LogP contribution in [-0.4, -0.2) is 41.4 Å². The molecule has 0 unspecified atom stereocenters. The maximum Gasteiger partial charge on any atom is 0.272 e. The van der Waals surface area contributed by atoms with Gasteiger partial charge >= 0.3 is 0 Å². The van der Waals surface area contributed by atoms with Gasteiger partial charge in [-0.1, -0.05) is 5.16 Å². The van der Waals surface area contributed by atoms with Crippen molar-refractivity contribution in [3.63, 3.8) is 0 Å². The van der Waals surface area contributed by atoms with Crippen LogP contribution in [0.15, 0.2) is 22.9 Å². The number of rotatable bonds is 5. The van der Waals surface area contributed by atoms with Crippen LogP contribution in [0.2, 0.25) is 0 Å². The first kappa shape index (κ1) is 13.9. The minimum Gasteiger partial charge on any atom is -0.472 e. The molecule has 0 spiro atoms. The maximum atomic E-state index is 12.0. The van der Waals surface area contributed by atoms with E-state index in [0.29, 0.717) is 30.5 Å². The van der Waals surface area contributed by atoms with Crippen LogP contribution >= 0.6 is 0 Å². The largest absolute Gasteiger partial charge is 0.472 e. The van der Waals surface area contributed by atoms with Crippen molar-refractivity contribution in [3.05, 3.63) is 24.2 Å². The highest BCUT2D eigenvalue weighted by atomic mass is 19.3. The minimum atomic E-state index is -2.53. The van der Waals surface area contributed by atoms with E-state index in [2.05, 4.69) is 15.1 Å². The molecule has 112 valence electrons. The third-order valence-corrected chi connectivity index (χ3v) is 3.08. The fourth-order valence-corrected chi connectivity index (χ4v) is 2.00. The van der Waals surface area contributed by atoms with Crippen molar-refractivity contribution in [2.75, 3.05) is 19.8 Å². The summed E-state index contributed by atoms with van der Waals surface area (Å²) in [5.74, 6) is 1.23. The van der Waals surface area contributed by atoms with Crippen molar-refractivity contribution in [2.24, 2.45) is 0 Å². The Bertz CT molecular complexity index is 583. The molecule has 0 amide bonds. The molecule has 1 saturated heterocycles. The summed E-state index contributed by atoms with van der Waals surface area (Å²) in [6.45, 7) is 0.614. The summed E-state index contributed by atoms with van der Waals surface area (Å²) in [6, 6.07) is 3.12. The number of hydrogen-bond donors (Lipinski definition) is 0. The third kappa shape index (κ3) is 3.33. The molecule has 21 heavy (non-hydrogen) atoms. The Hall–Kier alpha value is -2.09. The molecule has 0 aromatic carbocycles. The van der Waals surface area contributed by atoms with Gasteiger partial charge in [0.1, 0.15) is 0 Å². The van der Waals surface area contributed by atoms with Crippen LogP contribution in [0.4, 0.5) is 8.78 Å². The molecule has 0 aliphatic carbocycles. The lowest BCUT2D eigenvalue weighted by Crippen LogP contribution is -2.07. The molecule has 6 nitrogen and oxygen atoms in total. The summed E-state index contributed by atoms with van der Waals surface area (Å²) in [6.07, 6.45) is -0.209. The van der Waals surface area contributed by atoms with Gasteiger partial charge in [0.15, 0.2) is 12.4 Å². The lowest BCUT2D eigenvalue weighted by Gasteiger charge is -2.03. The fourth-order valence-electron chi connectivity index (χ4n) is 2.00. The molecule has 2 aromatic rings. The lowest BCUT2D eigenvalue weighted by molar-refractivity contribution is 0.0796. The van der Waals surface area contributed by atoms with Gasteiger partial charge in [-0.25, -0.2) is 13.8 Å². The number of alkyl halides is 2. The summed E-state index contributed by atoms with van der Waals surface area (Å²) in [7, 11) is 0. The first-order valence-electron chi connectivity index (χ1n) is 6.51. The minimum absolute atomic E-state index is 0.128. The van der Waals surface area contributed by atoms with E-state index in [1.165, 1.54) is 12.3 Å². The molecular weight excluding hydrogens is 284 g/mol. The second-order valence-electron chi connectivity index (χ2n) is 4.61. The van der Waals surface area contributed by atoms with Crippen molar-refractivity contribution >= 4 is 0 Å². The zero-order valence-corrected chi connectivity index (χ0v) is 11.0. The molecule has 1 fully saturated rings. The summed E-state index contributed by atoms with van der Waals surface area (Å²) < 4.78 is 39.3. The van der Waals surface area contributed by atoms with Crippen LogP contribution in [0, 0.1) is 0 Å². The Morgan fingerprint density at radius 2 is 2.29 bits per heavy atom. The summed E-state index contributed by atoms with van der Waals surface area (Å²) in [5, 5.41) is 3.93. The number of ether oxygens (including phenoxy) is 2. The average molecular weight is 297 g/mol. The molecule has 8 heteroatoms. The molecule has 1 atom stereocenters. The fraction of sp³-hybridized carbons (Fsp3) is 0.462. The van der Waals surface area contributed by atoms with Gasteiger partial charge in [-0.3, -0.25) is 0 Å². The van der Waals surface area contributed by atoms with E-state index in [9.17, 15) is 8.78 Å². The lowest BCUT2D eigenvalue weighted by atomic mass is 10.1. The number of nitrogens with zero attached hydrogens (tertiary/aromatic N) is 3. The van der Waals surface area contributed by atoms with Crippen molar-refractivity contribution in [2.45, 2.75) is 18.8 Å². The predicted molar refractivity (Wildman–Crippen MR) is 67.2 cm³/mol. The molecule has 0 N–H and O–H groups in total. The molecule has 3 heterocycles. The Morgan fingerprint density at radius 1 is 1.38 bits per heavy atom. The highest BCUT2D eigenvalue weighted by Gasteiger charge is 2.23. The van der Waals surface area contributed by atoms with Gasteiger partial charge < -0.3 is 14.0 Å². The molecule has 1 aliphatic rings. The molecule has 0 saturated carbocycles. The average Bonchev–Trinajstić information content (AvgIpc) is 3.16. The zero-order chi connectivity index (χ0) is 14.7. The van der Waals surface area contributed by atoms with Gasteiger partial charge in [-0.2, -0.15) is 4.98 Å². The normalized spacial score (nSPS) is 18.3. The summed E-state index contributed by atoms with van der Waals surface area (Å²) >= 11 is 0. The van der Waals surface area contributed by atoms with Crippen molar-refractivity contribution < 1.29 is 22.8 Å². The Kier molecular flexibility index (Phi) is 4.05. The Labute approximate surface area is 119 Å². The summed E-state index contributed by atoms with van der Waals surface area (Å²) in [4.78, 5) is 8.23. The van der Waals surface area contributed by atoms with Crippen LogP contribution in [0.3, 0.4) is 0 Å². The van der Waals surface area contributed by atoms with Gasteiger partial charge in [-0.15, -0.1) is 0 Å². The van der Waals surface area contributed by atoms with Gasteiger partial charge in [0, 0.05) is 24.8 Å². The molecule has 1 aliphatic heterocycles. The molecule has 3 rings (SSSR count). The smallest absolute Gasteiger partial charge is 0.272 e. The Morgan fingerprint density at radius 3 is 2.95 bits per heavy atom. The maximum absolute atomic E-state index is 12.0. The SMILES string of the molecule is FC(F)COc1ccc(-c2nc([C@H]3CCOC3)no2)cn1. The van der Waals surface area contributed by atoms with Gasteiger partial charge in [-0.05, 0) is 12.5 Å². The van der Waals surface area contributed by atoms with Crippen molar-refractivity contribution in [3.8, 4) is 17.3 Å². The summed E-state index contributed by atoms with van der Waals surface area (Å²) in [5.41, 5.74) is 0.608. The number of pyridine rings is 1. The molecule has 0 bridgehead atoms. The van der Waals surface area contributed by atoms with Crippen molar-refractivity contribution in [1.82, 2.24) is 15.1 Å². The highest BCUT2D eigenvalue weighted by molar-refractivity contribution is 5.51. The Balaban J connectivity index is 1.69. The quantitative estimate of drug-likeness (QED) is 0.843. The second-order valence-corrected chi connectivity index (χ2v) is 4.61. The number of hydrogen-bond acceptors (Lipinski definition) is 6. The van der Waals surface area contributed by atoms with Crippen LogP contribution < -0.4 is 4.74 Å². The van der Waals surface area contributed by atoms with E-state index in [-0.39, 0.29) is 11.8 Å². The van der Waals surface area contributed by atoms with E-state index in [0.717, 1.165) is 6.42 Å². The molecule has 2 aromatic heterocycles. The van der Waals surface area contributed by atoms with Gasteiger partial charge in [0.2, 0.25) is 5.88 Å². The van der Waals surface area contributed by atoms with Gasteiger partial charge in [0.05, 0.1) is 12.2 Å². The van der Waals surface area contributed by atoms with E-state index in [4.69, 9.17) is 14.0 Å². The molecular formula is C13H13F2N3O3. The monoisotopic (exact) mass is 297 g/mol. The van der Waals surface area contributed by atoms with Gasteiger partial charge in [0.25, 0.3) is 12.3 Å². The first-order valence-corrected chi connectivity index (χ1v) is 6.51. The first-order chi connectivity index (χ1) is 10.2. The van der Waals surface area contributed by atoms with Crippen LogP contribution in [0.5, 0.6) is 5.88 Å². The van der Waals surface area contributed by atoms with E-state index >= 15 is 0 Å². The zero-order valence-electron chi connectivity index (χ0n) is 11.0. The molecule has 0 radical (unpaired) electrons. The van der Waals surface area contributed by atoms with E-state index < -0.39 is 13.0 Å². The second kappa shape index (κ2) is 6.13. The van der Waals surface area contributed by atoms with Crippen LogP contribution in [0.1, 0.15) is 18.2 Å².